The average Bonchev–Trinajstić information content (AvgIpc) is 3.34. The van der Waals surface area contributed by atoms with Gasteiger partial charge in [-0.15, -0.1) is 11.3 Å². The summed E-state index contributed by atoms with van der Waals surface area (Å²) in [6.07, 6.45) is 0. The van der Waals surface area contributed by atoms with E-state index in [2.05, 4.69) is 36.8 Å². The molecule has 0 bridgehead atoms. The Labute approximate surface area is 174 Å². The number of para-hydroxylation sites is 1. The molecule has 0 atom stereocenters. The molecule has 0 saturated heterocycles. The minimum absolute atomic E-state index is 0.0225. The fourth-order valence-corrected chi connectivity index (χ4v) is 4.69. The topological polar surface area (TPSA) is 44.8 Å². The summed E-state index contributed by atoms with van der Waals surface area (Å²) < 4.78 is 5.72. The molecular weight excluding hydrogens is 380 g/mol. The van der Waals surface area contributed by atoms with E-state index < -0.39 is 0 Å². The lowest BCUT2D eigenvalue weighted by Crippen LogP contribution is -2.21. The van der Waals surface area contributed by atoms with Gasteiger partial charge in [0.1, 0.15) is 5.69 Å². The quantitative estimate of drug-likeness (QED) is 0.471. The summed E-state index contributed by atoms with van der Waals surface area (Å²) in [5, 5.41) is 3.24. The SMILES string of the molecule is Cc1cc(-c2csc(C(C)C)n2)c(C)n1-c1c(C)n(C)n(-c2ccccc2)c1=O. The lowest BCUT2D eigenvalue weighted by atomic mass is 10.2. The van der Waals surface area contributed by atoms with Gasteiger partial charge in [-0.25, -0.2) is 9.67 Å². The predicted octanol–water partition coefficient (Wildman–Crippen LogP) is 5.14. The van der Waals surface area contributed by atoms with Crippen molar-refractivity contribution in [3.8, 4) is 22.6 Å². The molecule has 4 rings (SSSR count). The number of aryl methyl sites for hydroxylation is 1. The molecule has 0 spiro atoms. The van der Waals surface area contributed by atoms with Gasteiger partial charge in [0.2, 0.25) is 0 Å². The fraction of sp³-hybridized carbons (Fsp3) is 0.304. The van der Waals surface area contributed by atoms with Gasteiger partial charge in [-0.3, -0.25) is 9.48 Å². The smallest absolute Gasteiger partial charge is 0.295 e. The maximum Gasteiger partial charge on any atom is 0.295 e. The van der Waals surface area contributed by atoms with Crippen LogP contribution in [0.2, 0.25) is 0 Å². The third-order valence-corrected chi connectivity index (χ3v) is 6.62. The summed E-state index contributed by atoms with van der Waals surface area (Å²) in [5.74, 6) is 0.409. The minimum atomic E-state index is -0.0225. The highest BCUT2D eigenvalue weighted by atomic mass is 32.1. The van der Waals surface area contributed by atoms with Crippen LogP contribution in [0.25, 0.3) is 22.6 Å². The predicted molar refractivity (Wildman–Crippen MR) is 120 cm³/mol. The van der Waals surface area contributed by atoms with Crippen molar-refractivity contribution in [1.29, 1.82) is 0 Å². The van der Waals surface area contributed by atoms with Gasteiger partial charge in [-0.05, 0) is 39.0 Å². The summed E-state index contributed by atoms with van der Waals surface area (Å²) in [4.78, 5) is 18.3. The molecule has 0 aliphatic heterocycles. The van der Waals surface area contributed by atoms with Gasteiger partial charge < -0.3 is 4.57 Å². The zero-order chi connectivity index (χ0) is 20.9. The summed E-state index contributed by atoms with van der Waals surface area (Å²) >= 11 is 1.69. The van der Waals surface area contributed by atoms with E-state index in [0.717, 1.165) is 39.0 Å². The van der Waals surface area contributed by atoms with Crippen molar-refractivity contribution >= 4 is 11.3 Å². The van der Waals surface area contributed by atoms with E-state index in [1.165, 1.54) is 0 Å². The number of hydrogen-bond acceptors (Lipinski definition) is 3. The van der Waals surface area contributed by atoms with E-state index in [1.54, 1.807) is 16.0 Å². The monoisotopic (exact) mass is 406 g/mol. The second-order valence-electron chi connectivity index (χ2n) is 7.76. The first kappa shape index (κ1) is 19.5. The van der Waals surface area contributed by atoms with Crippen LogP contribution in [0.1, 0.15) is 41.9 Å². The van der Waals surface area contributed by atoms with Crippen LogP contribution in [0.3, 0.4) is 0 Å². The maximum absolute atomic E-state index is 13.5. The van der Waals surface area contributed by atoms with E-state index in [0.29, 0.717) is 11.6 Å². The third-order valence-electron chi connectivity index (χ3n) is 5.47. The summed E-state index contributed by atoms with van der Waals surface area (Å²) in [7, 11) is 1.93. The second-order valence-corrected chi connectivity index (χ2v) is 8.65. The van der Waals surface area contributed by atoms with E-state index in [1.807, 2.05) is 55.9 Å². The third kappa shape index (κ3) is 3.08. The number of benzene rings is 1. The largest absolute Gasteiger partial charge is 0.311 e. The lowest BCUT2D eigenvalue weighted by Gasteiger charge is -2.08. The van der Waals surface area contributed by atoms with Crippen molar-refractivity contribution in [3.05, 3.63) is 74.2 Å². The molecule has 4 aromatic rings. The molecule has 0 unspecified atom stereocenters. The van der Waals surface area contributed by atoms with Crippen molar-refractivity contribution in [1.82, 2.24) is 18.9 Å². The molecule has 29 heavy (non-hydrogen) atoms. The number of rotatable bonds is 4. The van der Waals surface area contributed by atoms with Crippen LogP contribution in [0.15, 0.2) is 46.6 Å². The van der Waals surface area contributed by atoms with E-state index in [4.69, 9.17) is 4.98 Å². The molecule has 150 valence electrons. The minimum Gasteiger partial charge on any atom is -0.311 e. The lowest BCUT2D eigenvalue weighted by molar-refractivity contribution is 0.630. The van der Waals surface area contributed by atoms with Crippen LogP contribution in [-0.4, -0.2) is 18.9 Å². The number of nitrogens with zero attached hydrogens (tertiary/aromatic N) is 4. The molecule has 0 aliphatic rings. The highest BCUT2D eigenvalue weighted by Gasteiger charge is 2.22. The molecule has 6 heteroatoms. The van der Waals surface area contributed by atoms with E-state index >= 15 is 0 Å². The summed E-state index contributed by atoms with van der Waals surface area (Å²) in [5.41, 5.74) is 6.58. The van der Waals surface area contributed by atoms with Gasteiger partial charge >= 0.3 is 0 Å². The van der Waals surface area contributed by atoms with Gasteiger partial charge in [0.15, 0.2) is 0 Å². The Morgan fingerprint density at radius 3 is 2.34 bits per heavy atom. The van der Waals surface area contributed by atoms with Gasteiger partial charge in [-0.2, -0.15) is 0 Å². The second kappa shape index (κ2) is 7.19. The molecule has 1 aromatic carbocycles. The summed E-state index contributed by atoms with van der Waals surface area (Å²) in [6, 6.07) is 11.9. The molecule has 0 saturated carbocycles. The molecule has 3 aromatic heterocycles. The molecule has 0 fully saturated rings. The van der Waals surface area contributed by atoms with Crippen molar-refractivity contribution in [2.24, 2.45) is 7.05 Å². The van der Waals surface area contributed by atoms with Crippen LogP contribution in [-0.2, 0) is 7.05 Å². The molecule has 0 N–H and O–H groups in total. The Bertz CT molecular complexity index is 1240. The molecule has 0 radical (unpaired) electrons. The Hall–Kier alpha value is -2.86. The van der Waals surface area contributed by atoms with Crippen LogP contribution in [0.5, 0.6) is 0 Å². The van der Waals surface area contributed by atoms with E-state index in [-0.39, 0.29) is 5.56 Å². The van der Waals surface area contributed by atoms with Crippen molar-refractivity contribution in [2.45, 2.75) is 40.5 Å². The van der Waals surface area contributed by atoms with E-state index in [9.17, 15) is 4.79 Å². The average molecular weight is 407 g/mol. The van der Waals surface area contributed by atoms with Crippen LogP contribution >= 0.6 is 11.3 Å². The van der Waals surface area contributed by atoms with Crippen molar-refractivity contribution < 1.29 is 0 Å². The van der Waals surface area contributed by atoms with Crippen LogP contribution in [0, 0.1) is 20.8 Å². The first-order valence-electron chi connectivity index (χ1n) is 9.80. The zero-order valence-corrected chi connectivity index (χ0v) is 18.5. The number of thiazole rings is 1. The normalized spacial score (nSPS) is 11.6. The molecular formula is C23H26N4OS. The van der Waals surface area contributed by atoms with Gasteiger partial charge in [0.25, 0.3) is 5.56 Å². The molecule has 5 nitrogen and oxygen atoms in total. The molecule has 3 heterocycles. The Morgan fingerprint density at radius 1 is 1.03 bits per heavy atom. The maximum atomic E-state index is 13.5. The first-order valence-corrected chi connectivity index (χ1v) is 10.7. The zero-order valence-electron chi connectivity index (χ0n) is 17.7. The fourth-order valence-electron chi connectivity index (χ4n) is 3.85. The standard InChI is InChI=1S/C23H26N4OS/c1-14(2)22-24-20(13-29-22)19-12-15(3)26(16(19)4)21-17(5)25(6)27(23(21)28)18-10-8-7-9-11-18/h7-14H,1-6H3. The van der Waals surface area contributed by atoms with Crippen molar-refractivity contribution in [3.63, 3.8) is 0 Å². The molecule has 0 amide bonds. The van der Waals surface area contributed by atoms with Crippen LogP contribution < -0.4 is 5.56 Å². The first-order chi connectivity index (χ1) is 13.8. The number of hydrogen-bond donors (Lipinski definition) is 0. The van der Waals surface area contributed by atoms with Gasteiger partial charge in [-0.1, -0.05) is 32.0 Å². The highest BCUT2D eigenvalue weighted by Crippen LogP contribution is 2.32. The van der Waals surface area contributed by atoms with Crippen molar-refractivity contribution in [2.75, 3.05) is 0 Å². The summed E-state index contributed by atoms with van der Waals surface area (Å²) in [6.45, 7) is 10.4. The number of aromatic nitrogens is 4. The van der Waals surface area contributed by atoms with Gasteiger partial charge in [0.05, 0.1) is 22.1 Å². The van der Waals surface area contributed by atoms with Gasteiger partial charge in [0, 0.05) is 35.3 Å². The Balaban J connectivity index is 1.91. The Kier molecular flexibility index (Phi) is 4.82. The van der Waals surface area contributed by atoms with Crippen LogP contribution in [0.4, 0.5) is 0 Å². The highest BCUT2D eigenvalue weighted by molar-refractivity contribution is 7.10. The Morgan fingerprint density at radius 2 is 1.72 bits per heavy atom. The molecule has 0 aliphatic carbocycles.